The summed E-state index contributed by atoms with van der Waals surface area (Å²) in [5.74, 6) is 0. The molecule has 0 aliphatic heterocycles. The van der Waals surface area contributed by atoms with Gasteiger partial charge >= 0.3 is 0 Å². The third-order valence-corrected chi connectivity index (χ3v) is 10.4. The molecule has 0 radical (unpaired) electrons. The first kappa shape index (κ1) is 29.9. The summed E-state index contributed by atoms with van der Waals surface area (Å²) in [6.07, 6.45) is 0. The molecule has 0 aromatic heterocycles. The monoisotopic (exact) mass is 639 g/mol. The topological polar surface area (TPSA) is 3.24 Å². The summed E-state index contributed by atoms with van der Waals surface area (Å²) in [7, 11) is 0. The standard InChI is InChI=1S/C49H37N/c1-49(2)45-24-13-12-21-43(45)47-46(33-44-41(38-19-10-5-11-20-38)22-14-23-42(44)48(47)49)50(39-29-25-36(26-30-39)34-15-6-3-7-16-34)40-31-27-37(28-32-40)35-17-8-4-9-18-35/h3-33H,1-2H3. The molecule has 1 aliphatic rings. The van der Waals surface area contributed by atoms with Crippen LogP contribution in [0.5, 0.6) is 0 Å². The molecule has 0 spiro atoms. The van der Waals surface area contributed by atoms with Crippen LogP contribution in [0.3, 0.4) is 0 Å². The van der Waals surface area contributed by atoms with Crippen molar-refractivity contribution in [2.75, 3.05) is 4.90 Å². The molecule has 8 aromatic rings. The summed E-state index contributed by atoms with van der Waals surface area (Å²) in [5.41, 5.74) is 15.9. The van der Waals surface area contributed by atoms with Crippen LogP contribution in [-0.2, 0) is 5.41 Å². The Morgan fingerprint density at radius 3 is 1.40 bits per heavy atom. The Morgan fingerprint density at radius 1 is 0.380 bits per heavy atom. The smallest absolute Gasteiger partial charge is 0.0549 e. The summed E-state index contributed by atoms with van der Waals surface area (Å²) < 4.78 is 0. The van der Waals surface area contributed by atoms with Gasteiger partial charge in [-0.25, -0.2) is 0 Å². The lowest BCUT2D eigenvalue weighted by Gasteiger charge is -2.31. The SMILES string of the molecule is CC1(C)c2ccccc2-c2c(N(c3ccc(-c4ccccc4)cc3)c3ccc(-c4ccccc4)cc3)cc3c(-c4ccccc4)cccc3c21. The zero-order valence-corrected chi connectivity index (χ0v) is 28.3. The zero-order valence-electron chi connectivity index (χ0n) is 28.3. The van der Waals surface area contributed by atoms with Gasteiger partial charge in [0.25, 0.3) is 0 Å². The van der Waals surface area contributed by atoms with Crippen molar-refractivity contribution in [3.05, 3.63) is 199 Å². The number of fused-ring (bicyclic) bond motifs is 5. The van der Waals surface area contributed by atoms with Crippen molar-refractivity contribution in [3.8, 4) is 44.5 Å². The maximum atomic E-state index is 2.47. The van der Waals surface area contributed by atoms with Crippen LogP contribution in [0.1, 0.15) is 25.0 Å². The molecule has 238 valence electrons. The van der Waals surface area contributed by atoms with Crippen LogP contribution >= 0.6 is 0 Å². The lowest BCUT2D eigenvalue weighted by Crippen LogP contribution is -2.17. The van der Waals surface area contributed by atoms with E-state index in [9.17, 15) is 0 Å². The van der Waals surface area contributed by atoms with Crippen molar-refractivity contribution in [1.82, 2.24) is 0 Å². The Labute approximate surface area is 294 Å². The highest BCUT2D eigenvalue weighted by molar-refractivity contribution is 6.10. The minimum absolute atomic E-state index is 0.185. The molecule has 0 atom stereocenters. The van der Waals surface area contributed by atoms with Crippen LogP contribution in [-0.4, -0.2) is 0 Å². The minimum atomic E-state index is -0.185. The summed E-state index contributed by atoms with van der Waals surface area (Å²) >= 11 is 0. The molecule has 9 rings (SSSR count). The molecule has 0 fully saturated rings. The second kappa shape index (κ2) is 12.1. The van der Waals surface area contributed by atoms with Gasteiger partial charge in [0.1, 0.15) is 0 Å². The van der Waals surface area contributed by atoms with E-state index in [1.165, 1.54) is 72.1 Å². The Balaban J connectivity index is 1.34. The average Bonchev–Trinajstić information content (AvgIpc) is 3.43. The molecule has 0 unspecified atom stereocenters. The van der Waals surface area contributed by atoms with Crippen molar-refractivity contribution in [2.24, 2.45) is 0 Å². The molecule has 8 aromatic carbocycles. The fourth-order valence-electron chi connectivity index (χ4n) is 8.05. The van der Waals surface area contributed by atoms with Crippen molar-refractivity contribution in [1.29, 1.82) is 0 Å². The normalized spacial score (nSPS) is 12.8. The maximum absolute atomic E-state index is 2.47. The quantitative estimate of drug-likeness (QED) is 0.175. The molecule has 1 heteroatoms. The number of benzene rings is 8. The van der Waals surface area contributed by atoms with E-state index in [2.05, 4.69) is 207 Å². The molecule has 0 saturated heterocycles. The Kier molecular flexibility index (Phi) is 7.21. The van der Waals surface area contributed by atoms with E-state index in [0.717, 1.165) is 11.4 Å². The fraction of sp³-hybridized carbons (Fsp3) is 0.0612. The first-order valence-corrected chi connectivity index (χ1v) is 17.4. The molecule has 0 heterocycles. The van der Waals surface area contributed by atoms with Crippen LogP contribution in [0.4, 0.5) is 17.1 Å². The van der Waals surface area contributed by atoms with Crippen LogP contribution < -0.4 is 4.90 Å². The Bertz CT molecular complexity index is 2380. The van der Waals surface area contributed by atoms with Gasteiger partial charge in [0.15, 0.2) is 0 Å². The van der Waals surface area contributed by atoms with E-state index < -0.39 is 0 Å². The van der Waals surface area contributed by atoms with Crippen LogP contribution in [0.15, 0.2) is 188 Å². The van der Waals surface area contributed by atoms with E-state index in [4.69, 9.17) is 0 Å². The fourth-order valence-corrected chi connectivity index (χ4v) is 8.05. The van der Waals surface area contributed by atoms with Crippen molar-refractivity contribution in [2.45, 2.75) is 19.3 Å². The van der Waals surface area contributed by atoms with Gasteiger partial charge in [0, 0.05) is 22.4 Å². The molecular formula is C49H37N. The molecule has 1 aliphatic carbocycles. The largest absolute Gasteiger partial charge is 0.310 e. The molecule has 0 bridgehead atoms. The van der Waals surface area contributed by atoms with Gasteiger partial charge in [-0.05, 0) is 91.2 Å². The maximum Gasteiger partial charge on any atom is 0.0549 e. The van der Waals surface area contributed by atoms with Gasteiger partial charge in [-0.15, -0.1) is 0 Å². The summed E-state index contributed by atoms with van der Waals surface area (Å²) in [6, 6.07) is 68.5. The third kappa shape index (κ3) is 4.94. The number of rotatable bonds is 6. The predicted octanol–water partition coefficient (Wildman–Crippen LogP) is 13.6. The third-order valence-electron chi connectivity index (χ3n) is 10.4. The van der Waals surface area contributed by atoms with E-state index >= 15 is 0 Å². The van der Waals surface area contributed by atoms with Gasteiger partial charge in [-0.1, -0.05) is 172 Å². The van der Waals surface area contributed by atoms with Crippen molar-refractivity contribution >= 4 is 27.8 Å². The van der Waals surface area contributed by atoms with E-state index in [1.54, 1.807) is 0 Å². The van der Waals surface area contributed by atoms with Crippen LogP contribution in [0.25, 0.3) is 55.3 Å². The lowest BCUT2D eigenvalue weighted by molar-refractivity contribution is 0.666. The second-order valence-corrected chi connectivity index (χ2v) is 13.7. The second-order valence-electron chi connectivity index (χ2n) is 13.7. The summed E-state index contributed by atoms with van der Waals surface area (Å²) in [6.45, 7) is 4.79. The molecule has 0 saturated carbocycles. The van der Waals surface area contributed by atoms with Crippen LogP contribution in [0, 0.1) is 0 Å². The first-order valence-electron chi connectivity index (χ1n) is 17.4. The average molecular weight is 640 g/mol. The predicted molar refractivity (Wildman–Crippen MR) is 213 cm³/mol. The minimum Gasteiger partial charge on any atom is -0.310 e. The molecule has 50 heavy (non-hydrogen) atoms. The molecule has 0 N–H and O–H groups in total. The van der Waals surface area contributed by atoms with Gasteiger partial charge in [0.05, 0.1) is 5.69 Å². The molecular weight excluding hydrogens is 603 g/mol. The number of hydrogen-bond donors (Lipinski definition) is 0. The highest BCUT2D eigenvalue weighted by Gasteiger charge is 2.40. The van der Waals surface area contributed by atoms with Gasteiger partial charge in [0.2, 0.25) is 0 Å². The van der Waals surface area contributed by atoms with E-state index in [-0.39, 0.29) is 5.41 Å². The number of hydrogen-bond acceptors (Lipinski definition) is 1. The Morgan fingerprint density at radius 2 is 0.840 bits per heavy atom. The van der Waals surface area contributed by atoms with Crippen molar-refractivity contribution < 1.29 is 0 Å². The van der Waals surface area contributed by atoms with Crippen LogP contribution in [0.2, 0.25) is 0 Å². The van der Waals surface area contributed by atoms with Gasteiger partial charge in [-0.3, -0.25) is 0 Å². The van der Waals surface area contributed by atoms with Gasteiger partial charge in [-0.2, -0.15) is 0 Å². The van der Waals surface area contributed by atoms with Crippen molar-refractivity contribution in [3.63, 3.8) is 0 Å². The Hall–Kier alpha value is -6.18. The molecule has 1 nitrogen and oxygen atoms in total. The number of nitrogens with zero attached hydrogens (tertiary/aromatic N) is 1. The van der Waals surface area contributed by atoms with E-state index in [0.29, 0.717) is 0 Å². The first-order chi connectivity index (χ1) is 24.6. The lowest BCUT2D eigenvalue weighted by atomic mass is 9.79. The molecule has 0 amide bonds. The summed E-state index contributed by atoms with van der Waals surface area (Å²) in [4.78, 5) is 2.47. The highest BCUT2D eigenvalue weighted by Crippen LogP contribution is 2.57. The number of anilines is 3. The highest BCUT2D eigenvalue weighted by atomic mass is 15.1. The van der Waals surface area contributed by atoms with Gasteiger partial charge < -0.3 is 4.90 Å². The van der Waals surface area contributed by atoms with E-state index in [1.807, 2.05) is 0 Å². The zero-order chi connectivity index (χ0) is 33.7. The summed E-state index contributed by atoms with van der Waals surface area (Å²) in [5, 5.41) is 2.57.